The van der Waals surface area contributed by atoms with Gasteiger partial charge in [0, 0.05) is 40.2 Å². The van der Waals surface area contributed by atoms with Gasteiger partial charge in [-0.05, 0) is 111 Å². The first-order chi connectivity index (χ1) is 27.7. The van der Waals surface area contributed by atoms with E-state index in [1.165, 1.54) is 10.8 Å². The van der Waals surface area contributed by atoms with E-state index in [0.717, 1.165) is 72.2 Å². The predicted molar refractivity (Wildman–Crippen MR) is 228 cm³/mol. The lowest BCUT2D eigenvalue weighted by Crippen LogP contribution is -2.01. The molecule has 0 spiro atoms. The van der Waals surface area contributed by atoms with E-state index in [9.17, 15) is 0 Å². The minimum atomic E-state index is 0.594. The molecule has 7 aromatic carbocycles. The molecule has 0 radical (unpaired) electrons. The second-order valence-electron chi connectivity index (χ2n) is 13.8. The van der Waals surface area contributed by atoms with E-state index in [4.69, 9.17) is 15.0 Å². The molecule has 0 saturated heterocycles. The second kappa shape index (κ2) is 14.3. The maximum atomic E-state index is 5.23. The highest BCUT2D eigenvalue weighted by atomic mass is 15.0. The van der Waals surface area contributed by atoms with E-state index in [1.807, 2.05) is 48.8 Å². The van der Waals surface area contributed by atoms with Crippen LogP contribution in [0.25, 0.3) is 100 Å². The molecule has 0 fully saturated rings. The predicted octanol–water partition coefficient (Wildman–Crippen LogP) is 12.6. The molecular weight excluding hydrogens is 683 g/mol. The lowest BCUT2D eigenvalue weighted by molar-refractivity contribution is 1.08. The van der Waals surface area contributed by atoms with Crippen LogP contribution in [0.1, 0.15) is 0 Å². The van der Waals surface area contributed by atoms with Crippen LogP contribution < -0.4 is 0 Å². The van der Waals surface area contributed by atoms with Crippen LogP contribution in [0, 0.1) is 0 Å². The standard InChI is InChI=1S/C51H33N5/c1-3-13-36-29-42(23-21-34(36)11-1)49-54-50(43-24-22-35-12-2-4-14-37(35)30-43)56-51(55-49)46-32-44(38-15-9-17-40(27-38)47-19-5-7-25-52-47)31-45(33-46)39-16-10-18-41(28-39)48-20-6-8-26-53-48/h1-33H. The molecule has 3 aromatic heterocycles. The van der Waals surface area contributed by atoms with Gasteiger partial charge in [0.05, 0.1) is 11.4 Å². The lowest BCUT2D eigenvalue weighted by Gasteiger charge is -2.14. The van der Waals surface area contributed by atoms with Gasteiger partial charge in [0.15, 0.2) is 17.5 Å². The zero-order chi connectivity index (χ0) is 37.3. The molecule has 10 aromatic rings. The summed E-state index contributed by atoms with van der Waals surface area (Å²) in [6, 6.07) is 65.2. The van der Waals surface area contributed by atoms with Crippen molar-refractivity contribution in [3.05, 3.63) is 200 Å². The van der Waals surface area contributed by atoms with Crippen molar-refractivity contribution in [2.24, 2.45) is 0 Å². The molecule has 10 rings (SSSR count). The van der Waals surface area contributed by atoms with Crippen LogP contribution in [0.4, 0.5) is 0 Å². The van der Waals surface area contributed by atoms with E-state index < -0.39 is 0 Å². The first-order valence-electron chi connectivity index (χ1n) is 18.6. The maximum Gasteiger partial charge on any atom is 0.164 e. The van der Waals surface area contributed by atoms with Crippen LogP contribution in [0.2, 0.25) is 0 Å². The molecule has 3 heterocycles. The largest absolute Gasteiger partial charge is 0.256 e. The van der Waals surface area contributed by atoms with E-state index in [2.05, 4.69) is 162 Å². The summed E-state index contributed by atoms with van der Waals surface area (Å²) in [5, 5.41) is 4.59. The van der Waals surface area contributed by atoms with E-state index in [0.29, 0.717) is 17.5 Å². The maximum absolute atomic E-state index is 5.23. The molecule has 0 bridgehead atoms. The molecule has 5 nitrogen and oxygen atoms in total. The summed E-state index contributed by atoms with van der Waals surface area (Å²) in [4.78, 5) is 24.8. The Morgan fingerprint density at radius 1 is 0.232 bits per heavy atom. The van der Waals surface area contributed by atoms with Gasteiger partial charge in [-0.2, -0.15) is 0 Å². The molecule has 0 amide bonds. The highest BCUT2D eigenvalue weighted by Gasteiger charge is 2.16. The first-order valence-corrected chi connectivity index (χ1v) is 18.6. The molecule has 0 atom stereocenters. The zero-order valence-electron chi connectivity index (χ0n) is 30.3. The van der Waals surface area contributed by atoms with Gasteiger partial charge in [-0.1, -0.05) is 121 Å². The van der Waals surface area contributed by atoms with Crippen molar-refractivity contribution in [1.82, 2.24) is 24.9 Å². The first kappa shape index (κ1) is 33.0. The summed E-state index contributed by atoms with van der Waals surface area (Å²) in [5.41, 5.74) is 10.9. The SMILES string of the molecule is c1ccc(-c2cccc(-c3cc(-c4cccc(-c5ccccn5)c4)cc(-c4nc(-c5ccc6ccccc6c5)nc(-c5ccc6ccccc6c5)n4)c3)c2)nc1. The van der Waals surface area contributed by atoms with E-state index in [1.54, 1.807) is 0 Å². The quantitative estimate of drug-likeness (QED) is 0.164. The number of nitrogens with zero attached hydrogens (tertiary/aromatic N) is 5. The number of benzene rings is 7. The topological polar surface area (TPSA) is 64.5 Å². The molecule has 56 heavy (non-hydrogen) atoms. The summed E-state index contributed by atoms with van der Waals surface area (Å²) in [5.74, 6) is 1.83. The van der Waals surface area contributed by atoms with Gasteiger partial charge < -0.3 is 0 Å². The molecule has 0 aliphatic rings. The van der Waals surface area contributed by atoms with Crippen molar-refractivity contribution >= 4 is 21.5 Å². The molecular formula is C51H33N5. The van der Waals surface area contributed by atoms with Gasteiger partial charge in [0.2, 0.25) is 0 Å². The van der Waals surface area contributed by atoms with Gasteiger partial charge in [-0.25, -0.2) is 15.0 Å². The molecule has 0 saturated carbocycles. The molecule has 0 N–H and O–H groups in total. The number of hydrogen-bond acceptors (Lipinski definition) is 5. The monoisotopic (exact) mass is 715 g/mol. The third kappa shape index (κ3) is 6.59. The number of pyridine rings is 2. The van der Waals surface area contributed by atoms with Gasteiger partial charge in [0.25, 0.3) is 0 Å². The van der Waals surface area contributed by atoms with Crippen molar-refractivity contribution < 1.29 is 0 Å². The van der Waals surface area contributed by atoms with Gasteiger partial charge >= 0.3 is 0 Å². The van der Waals surface area contributed by atoms with Gasteiger partial charge in [-0.3, -0.25) is 9.97 Å². The fourth-order valence-corrected chi connectivity index (χ4v) is 7.29. The summed E-state index contributed by atoms with van der Waals surface area (Å²) >= 11 is 0. The Morgan fingerprint density at radius 2 is 0.625 bits per heavy atom. The van der Waals surface area contributed by atoms with E-state index >= 15 is 0 Å². The Balaban J connectivity index is 1.19. The average molecular weight is 716 g/mol. The third-order valence-corrected chi connectivity index (χ3v) is 10.2. The number of rotatable bonds is 7. The Labute approximate surface area is 324 Å². The van der Waals surface area contributed by atoms with Crippen LogP contribution in [-0.4, -0.2) is 24.9 Å². The van der Waals surface area contributed by atoms with Crippen molar-refractivity contribution in [3.8, 4) is 78.9 Å². The minimum Gasteiger partial charge on any atom is -0.256 e. The second-order valence-corrected chi connectivity index (χ2v) is 13.8. The highest BCUT2D eigenvalue weighted by Crippen LogP contribution is 2.36. The third-order valence-electron chi connectivity index (χ3n) is 10.2. The van der Waals surface area contributed by atoms with Crippen molar-refractivity contribution in [2.45, 2.75) is 0 Å². The Hall–Kier alpha value is -7.63. The van der Waals surface area contributed by atoms with E-state index in [-0.39, 0.29) is 0 Å². The molecule has 0 aliphatic heterocycles. The highest BCUT2D eigenvalue weighted by molar-refractivity contribution is 5.89. The van der Waals surface area contributed by atoms with Crippen LogP contribution in [0.3, 0.4) is 0 Å². The lowest BCUT2D eigenvalue weighted by atomic mass is 9.93. The normalized spacial score (nSPS) is 11.2. The Morgan fingerprint density at radius 3 is 1.09 bits per heavy atom. The summed E-state index contributed by atoms with van der Waals surface area (Å²) in [7, 11) is 0. The van der Waals surface area contributed by atoms with Crippen LogP contribution in [0.15, 0.2) is 200 Å². The Bertz CT molecular complexity index is 2830. The van der Waals surface area contributed by atoms with Crippen molar-refractivity contribution in [2.75, 3.05) is 0 Å². The average Bonchev–Trinajstić information content (AvgIpc) is 3.29. The fraction of sp³-hybridized carbons (Fsp3) is 0. The van der Waals surface area contributed by atoms with Gasteiger partial charge in [0.1, 0.15) is 0 Å². The van der Waals surface area contributed by atoms with Crippen LogP contribution in [0.5, 0.6) is 0 Å². The molecule has 0 aliphatic carbocycles. The van der Waals surface area contributed by atoms with Crippen molar-refractivity contribution in [3.63, 3.8) is 0 Å². The minimum absolute atomic E-state index is 0.594. The molecule has 0 unspecified atom stereocenters. The number of aromatic nitrogens is 5. The smallest absolute Gasteiger partial charge is 0.164 e. The number of hydrogen-bond donors (Lipinski definition) is 0. The Kier molecular flexibility index (Phi) is 8.43. The fourth-order valence-electron chi connectivity index (χ4n) is 7.29. The summed E-state index contributed by atoms with van der Waals surface area (Å²) < 4.78 is 0. The van der Waals surface area contributed by atoms with Crippen molar-refractivity contribution in [1.29, 1.82) is 0 Å². The summed E-state index contributed by atoms with van der Waals surface area (Å²) in [6.07, 6.45) is 3.66. The molecule has 262 valence electrons. The van der Waals surface area contributed by atoms with Crippen LogP contribution in [-0.2, 0) is 0 Å². The molecule has 5 heteroatoms. The van der Waals surface area contributed by atoms with Gasteiger partial charge in [-0.15, -0.1) is 0 Å². The summed E-state index contributed by atoms with van der Waals surface area (Å²) in [6.45, 7) is 0. The van der Waals surface area contributed by atoms with Crippen LogP contribution >= 0.6 is 0 Å². The number of fused-ring (bicyclic) bond motifs is 2. The zero-order valence-corrected chi connectivity index (χ0v) is 30.3.